The molecule has 0 radical (unpaired) electrons. The van der Waals surface area contributed by atoms with Crippen LogP contribution in [0.3, 0.4) is 0 Å². The number of nitrogens with one attached hydrogen (secondary N) is 2. The molecule has 0 aliphatic heterocycles. The smallest absolute Gasteiger partial charge is 0.274 e. The van der Waals surface area contributed by atoms with E-state index in [1.54, 1.807) is 18.5 Å². The summed E-state index contributed by atoms with van der Waals surface area (Å²) < 4.78 is 0. The van der Waals surface area contributed by atoms with E-state index in [4.69, 9.17) is 0 Å². The first-order valence-electron chi connectivity index (χ1n) is 9.87. The zero-order chi connectivity index (χ0) is 21.1. The zero-order valence-electron chi connectivity index (χ0n) is 17.2. The molecule has 30 heavy (non-hydrogen) atoms. The van der Waals surface area contributed by atoms with Gasteiger partial charge < -0.3 is 10.6 Å². The minimum Gasteiger partial charge on any atom is -0.324 e. The molecule has 2 aromatic carbocycles. The Morgan fingerprint density at radius 2 is 1.73 bits per heavy atom. The van der Waals surface area contributed by atoms with Gasteiger partial charge in [-0.1, -0.05) is 50.2 Å². The molecular weight excluding hydrogens is 374 g/mol. The van der Waals surface area contributed by atoms with Crippen molar-refractivity contribution in [3.63, 3.8) is 0 Å². The second kappa shape index (κ2) is 8.29. The van der Waals surface area contributed by atoms with Crippen LogP contribution in [0.4, 0.5) is 17.3 Å². The topological polar surface area (TPSA) is 79.8 Å². The highest BCUT2D eigenvalue weighted by Gasteiger charge is 2.14. The number of carbonyl (C=O) groups is 1. The maximum atomic E-state index is 12.8. The largest absolute Gasteiger partial charge is 0.324 e. The average Bonchev–Trinajstić information content (AvgIpc) is 2.75. The average molecular weight is 397 g/mol. The van der Waals surface area contributed by atoms with Crippen LogP contribution in [0.5, 0.6) is 0 Å². The molecule has 0 aliphatic carbocycles. The van der Waals surface area contributed by atoms with Gasteiger partial charge in [-0.3, -0.25) is 9.78 Å². The van der Waals surface area contributed by atoms with Crippen LogP contribution in [-0.2, 0) is 0 Å². The van der Waals surface area contributed by atoms with Crippen LogP contribution in [0.1, 0.15) is 41.4 Å². The van der Waals surface area contributed by atoms with Crippen molar-refractivity contribution in [2.45, 2.75) is 26.7 Å². The number of anilines is 3. The summed E-state index contributed by atoms with van der Waals surface area (Å²) in [6.45, 7) is 6.32. The van der Waals surface area contributed by atoms with Crippen molar-refractivity contribution in [3.8, 4) is 0 Å². The Kier molecular flexibility index (Phi) is 5.39. The Bertz CT molecular complexity index is 1210. The molecule has 0 saturated carbocycles. The standard InChI is InChI=1S/C24H23N5O/c1-15(2)18-10-4-7-16(3)21(18)29-24-26-14-12-20(28-24)23(30)27-19-11-5-8-17-9-6-13-25-22(17)19/h4-15H,1-3H3,(H,27,30)(H,26,28,29). The lowest BCUT2D eigenvalue weighted by molar-refractivity contribution is 0.102. The fourth-order valence-electron chi connectivity index (χ4n) is 3.39. The van der Waals surface area contributed by atoms with Gasteiger partial charge >= 0.3 is 0 Å². The molecule has 4 rings (SSSR count). The summed E-state index contributed by atoms with van der Waals surface area (Å²) in [7, 11) is 0. The quantitative estimate of drug-likeness (QED) is 0.468. The molecule has 0 bridgehead atoms. The summed E-state index contributed by atoms with van der Waals surface area (Å²) in [5.74, 6) is 0.417. The highest BCUT2D eigenvalue weighted by Crippen LogP contribution is 2.29. The molecule has 0 unspecified atom stereocenters. The number of hydrogen-bond donors (Lipinski definition) is 2. The van der Waals surface area contributed by atoms with E-state index in [0.717, 1.165) is 22.2 Å². The maximum absolute atomic E-state index is 12.8. The highest BCUT2D eigenvalue weighted by atomic mass is 16.1. The molecule has 0 atom stereocenters. The molecule has 0 aliphatic rings. The van der Waals surface area contributed by atoms with Gasteiger partial charge in [0.05, 0.1) is 11.2 Å². The van der Waals surface area contributed by atoms with Crippen molar-refractivity contribution in [1.82, 2.24) is 15.0 Å². The first-order valence-corrected chi connectivity index (χ1v) is 9.87. The molecule has 2 heterocycles. The third-order valence-electron chi connectivity index (χ3n) is 4.93. The fourth-order valence-corrected chi connectivity index (χ4v) is 3.39. The highest BCUT2D eigenvalue weighted by molar-refractivity contribution is 6.07. The molecule has 4 aromatic rings. The summed E-state index contributed by atoms with van der Waals surface area (Å²) in [4.78, 5) is 26.0. The third kappa shape index (κ3) is 3.98. The van der Waals surface area contributed by atoms with E-state index >= 15 is 0 Å². The number of nitrogens with zero attached hydrogens (tertiary/aromatic N) is 3. The van der Waals surface area contributed by atoms with Gasteiger partial charge in [-0.05, 0) is 42.2 Å². The fraction of sp³-hybridized carbons (Fsp3) is 0.167. The Balaban J connectivity index is 1.60. The van der Waals surface area contributed by atoms with Crippen LogP contribution >= 0.6 is 0 Å². The van der Waals surface area contributed by atoms with E-state index in [1.165, 1.54) is 5.56 Å². The second-order valence-corrected chi connectivity index (χ2v) is 7.42. The normalized spacial score (nSPS) is 10.9. The number of hydrogen-bond acceptors (Lipinski definition) is 5. The molecule has 2 N–H and O–H groups in total. The van der Waals surface area contributed by atoms with E-state index < -0.39 is 0 Å². The van der Waals surface area contributed by atoms with E-state index in [0.29, 0.717) is 17.6 Å². The van der Waals surface area contributed by atoms with Gasteiger partial charge in [-0.15, -0.1) is 0 Å². The predicted molar refractivity (Wildman–Crippen MR) is 120 cm³/mol. The number of aromatic nitrogens is 3. The van der Waals surface area contributed by atoms with E-state index in [9.17, 15) is 4.79 Å². The minimum absolute atomic E-state index is 0.278. The molecule has 150 valence electrons. The van der Waals surface area contributed by atoms with Crippen LogP contribution in [0.2, 0.25) is 0 Å². The van der Waals surface area contributed by atoms with E-state index in [1.807, 2.05) is 49.4 Å². The van der Waals surface area contributed by atoms with Gasteiger partial charge in [0, 0.05) is 23.5 Å². The SMILES string of the molecule is Cc1cccc(C(C)C)c1Nc1nccc(C(=O)Nc2cccc3cccnc23)n1. The Morgan fingerprint density at radius 3 is 2.57 bits per heavy atom. The number of amides is 1. The van der Waals surface area contributed by atoms with Gasteiger partial charge in [0.15, 0.2) is 0 Å². The number of carbonyl (C=O) groups excluding carboxylic acids is 1. The summed E-state index contributed by atoms with van der Waals surface area (Å²) in [5.41, 5.74) is 4.91. The summed E-state index contributed by atoms with van der Waals surface area (Å²) in [6, 6.07) is 17.3. The first-order chi connectivity index (χ1) is 14.5. The number of aryl methyl sites for hydroxylation is 1. The lowest BCUT2D eigenvalue weighted by Crippen LogP contribution is -2.15. The lowest BCUT2D eigenvalue weighted by Gasteiger charge is -2.16. The third-order valence-corrected chi connectivity index (χ3v) is 4.93. The molecular formula is C24H23N5O. The Hall–Kier alpha value is -3.80. The number of rotatable bonds is 5. The van der Waals surface area contributed by atoms with Crippen molar-refractivity contribution in [2.75, 3.05) is 10.6 Å². The second-order valence-electron chi connectivity index (χ2n) is 7.42. The molecule has 0 saturated heterocycles. The molecule has 2 aromatic heterocycles. The number of benzene rings is 2. The van der Waals surface area contributed by atoms with Gasteiger partial charge in [0.2, 0.25) is 5.95 Å². The van der Waals surface area contributed by atoms with Crippen LogP contribution < -0.4 is 10.6 Å². The van der Waals surface area contributed by atoms with Crippen molar-refractivity contribution >= 4 is 34.1 Å². The number of pyridine rings is 1. The van der Waals surface area contributed by atoms with Crippen LogP contribution in [0, 0.1) is 6.92 Å². The molecule has 6 heteroatoms. The van der Waals surface area contributed by atoms with Gasteiger partial charge in [-0.2, -0.15) is 0 Å². The van der Waals surface area contributed by atoms with Gasteiger partial charge in [0.1, 0.15) is 5.69 Å². The van der Waals surface area contributed by atoms with Crippen molar-refractivity contribution < 1.29 is 4.79 Å². The summed E-state index contributed by atoms with van der Waals surface area (Å²) >= 11 is 0. The number of fused-ring (bicyclic) bond motifs is 1. The van der Waals surface area contributed by atoms with Crippen LogP contribution in [0.25, 0.3) is 10.9 Å². The predicted octanol–water partition coefficient (Wildman–Crippen LogP) is 5.45. The molecule has 6 nitrogen and oxygen atoms in total. The summed E-state index contributed by atoms with van der Waals surface area (Å²) in [5, 5.41) is 7.17. The van der Waals surface area contributed by atoms with Crippen molar-refractivity contribution in [2.24, 2.45) is 0 Å². The molecule has 0 fully saturated rings. The monoisotopic (exact) mass is 397 g/mol. The molecule has 1 amide bonds. The summed E-state index contributed by atoms with van der Waals surface area (Å²) in [6.07, 6.45) is 3.29. The Labute approximate surface area is 175 Å². The van der Waals surface area contributed by atoms with Gasteiger partial charge in [0.25, 0.3) is 5.91 Å². The van der Waals surface area contributed by atoms with E-state index in [-0.39, 0.29) is 11.6 Å². The zero-order valence-corrected chi connectivity index (χ0v) is 17.2. The molecule has 0 spiro atoms. The Morgan fingerprint density at radius 1 is 0.933 bits per heavy atom. The first kappa shape index (κ1) is 19.5. The van der Waals surface area contributed by atoms with Crippen LogP contribution in [-0.4, -0.2) is 20.9 Å². The van der Waals surface area contributed by atoms with Crippen molar-refractivity contribution in [3.05, 3.63) is 83.8 Å². The lowest BCUT2D eigenvalue weighted by atomic mass is 9.98. The van der Waals surface area contributed by atoms with Gasteiger partial charge in [-0.25, -0.2) is 9.97 Å². The van der Waals surface area contributed by atoms with E-state index in [2.05, 4.69) is 45.5 Å². The maximum Gasteiger partial charge on any atom is 0.274 e. The minimum atomic E-state index is -0.313. The van der Waals surface area contributed by atoms with Crippen molar-refractivity contribution in [1.29, 1.82) is 0 Å². The van der Waals surface area contributed by atoms with Crippen LogP contribution in [0.15, 0.2) is 67.0 Å². The number of para-hydroxylation sites is 2.